The molecule has 1 N–H and O–H groups in total. The molecule has 0 radical (unpaired) electrons. The second-order valence-electron chi connectivity index (χ2n) is 4.01. The zero-order chi connectivity index (χ0) is 15.8. The van der Waals surface area contributed by atoms with Crippen molar-refractivity contribution in [1.29, 1.82) is 0 Å². The van der Waals surface area contributed by atoms with Crippen LogP contribution in [0.25, 0.3) is 0 Å². The molecule has 0 saturated carbocycles. The Balaban J connectivity index is 2.45. The van der Waals surface area contributed by atoms with Crippen LogP contribution in [0.3, 0.4) is 0 Å². The molecule has 21 heavy (non-hydrogen) atoms. The van der Waals surface area contributed by atoms with Crippen LogP contribution in [-0.4, -0.2) is 18.5 Å². The summed E-state index contributed by atoms with van der Waals surface area (Å²) < 4.78 is 4.68. The monoisotopic (exact) mass is 347 g/mol. The molecule has 0 saturated heterocycles. The number of rotatable bonds is 6. The van der Waals surface area contributed by atoms with Crippen LogP contribution in [0.15, 0.2) is 12.1 Å². The first-order valence-corrected chi connectivity index (χ1v) is 7.11. The van der Waals surface area contributed by atoms with Gasteiger partial charge >= 0.3 is 5.97 Å². The zero-order valence-electron chi connectivity index (χ0n) is 10.9. The van der Waals surface area contributed by atoms with Crippen molar-refractivity contribution in [3.8, 4) is 12.3 Å². The number of esters is 1. The highest BCUT2D eigenvalue weighted by Crippen LogP contribution is 2.33. The molecule has 0 fully saturated rings. The molecule has 1 aromatic rings. The Hall–Kier alpha value is -1.41. The summed E-state index contributed by atoms with van der Waals surface area (Å²) in [6.07, 6.45) is 5.52. The zero-order valence-corrected chi connectivity index (χ0v) is 13.2. The van der Waals surface area contributed by atoms with Gasteiger partial charge in [0.1, 0.15) is 0 Å². The number of terminal acetylenes is 1. The highest BCUT2D eigenvalue weighted by molar-refractivity contribution is 6.42. The quantitative estimate of drug-likeness (QED) is 0.626. The van der Waals surface area contributed by atoms with Gasteiger partial charge in [0.2, 0.25) is 5.91 Å². The van der Waals surface area contributed by atoms with E-state index in [0.717, 1.165) is 0 Å². The first-order chi connectivity index (χ1) is 9.93. The van der Waals surface area contributed by atoms with Crippen molar-refractivity contribution in [3.05, 3.63) is 27.2 Å². The van der Waals surface area contributed by atoms with Gasteiger partial charge in [-0.25, -0.2) is 0 Å². The van der Waals surface area contributed by atoms with Crippen molar-refractivity contribution in [2.75, 3.05) is 11.9 Å². The topological polar surface area (TPSA) is 55.4 Å². The molecule has 0 aliphatic heterocycles. The van der Waals surface area contributed by atoms with Crippen LogP contribution >= 0.6 is 34.8 Å². The third-order valence-corrected chi connectivity index (χ3v) is 3.19. The highest BCUT2D eigenvalue weighted by atomic mass is 35.5. The summed E-state index contributed by atoms with van der Waals surface area (Å²) in [5, 5.41) is 3.44. The van der Waals surface area contributed by atoms with Gasteiger partial charge in [-0.15, -0.1) is 6.42 Å². The lowest BCUT2D eigenvalue weighted by molar-refractivity contribution is -0.142. The number of amides is 1. The third kappa shape index (κ3) is 6.26. The van der Waals surface area contributed by atoms with Gasteiger partial charge in [0.25, 0.3) is 0 Å². The SMILES string of the molecule is C#CCOC(=O)CCCC(=O)Nc1c(Cl)cc(Cl)cc1Cl. The molecular formula is C14H12Cl3NO3. The van der Waals surface area contributed by atoms with E-state index in [1.807, 2.05) is 0 Å². The van der Waals surface area contributed by atoms with Gasteiger partial charge in [0.05, 0.1) is 15.7 Å². The van der Waals surface area contributed by atoms with Gasteiger partial charge in [-0.1, -0.05) is 40.7 Å². The molecule has 0 unspecified atom stereocenters. The molecule has 1 amide bonds. The standard InChI is InChI=1S/C14H12Cl3NO3/c1-2-6-21-13(20)5-3-4-12(19)18-14-10(16)7-9(15)8-11(14)17/h1,7-8H,3-6H2,(H,18,19). The molecule has 0 atom stereocenters. The number of halogens is 3. The molecule has 4 nitrogen and oxygen atoms in total. The van der Waals surface area contributed by atoms with Gasteiger partial charge in [-0.05, 0) is 18.6 Å². The summed E-state index contributed by atoms with van der Waals surface area (Å²) in [4.78, 5) is 22.9. The molecular weight excluding hydrogens is 337 g/mol. The van der Waals surface area contributed by atoms with E-state index in [1.54, 1.807) is 0 Å². The summed E-state index contributed by atoms with van der Waals surface area (Å²) in [6, 6.07) is 2.95. The maximum Gasteiger partial charge on any atom is 0.306 e. The number of carbonyl (C=O) groups is 2. The van der Waals surface area contributed by atoms with Gasteiger partial charge in [0, 0.05) is 17.9 Å². The lowest BCUT2D eigenvalue weighted by atomic mass is 10.2. The average Bonchev–Trinajstić information content (AvgIpc) is 2.40. The Bertz CT molecular complexity index is 558. The number of hydrogen-bond donors (Lipinski definition) is 1. The molecule has 7 heteroatoms. The van der Waals surface area contributed by atoms with Gasteiger partial charge < -0.3 is 10.1 Å². The van der Waals surface area contributed by atoms with E-state index in [0.29, 0.717) is 17.1 Å². The Labute approximate surface area is 137 Å². The second-order valence-corrected chi connectivity index (χ2v) is 5.26. The van der Waals surface area contributed by atoms with Crippen molar-refractivity contribution in [1.82, 2.24) is 0 Å². The van der Waals surface area contributed by atoms with Crippen molar-refractivity contribution >= 4 is 52.4 Å². The van der Waals surface area contributed by atoms with Crippen molar-refractivity contribution in [3.63, 3.8) is 0 Å². The van der Waals surface area contributed by atoms with Crippen LogP contribution in [0.2, 0.25) is 15.1 Å². The van der Waals surface area contributed by atoms with Crippen LogP contribution in [-0.2, 0) is 14.3 Å². The fraction of sp³-hybridized carbons (Fsp3) is 0.286. The van der Waals surface area contributed by atoms with E-state index in [-0.39, 0.29) is 35.4 Å². The Morgan fingerprint density at radius 3 is 2.38 bits per heavy atom. The number of carbonyl (C=O) groups excluding carboxylic acids is 2. The van der Waals surface area contributed by atoms with E-state index >= 15 is 0 Å². The minimum atomic E-state index is -0.441. The lowest BCUT2D eigenvalue weighted by Crippen LogP contribution is -2.13. The fourth-order valence-corrected chi connectivity index (χ4v) is 2.36. The first-order valence-electron chi connectivity index (χ1n) is 5.97. The highest BCUT2D eigenvalue weighted by Gasteiger charge is 2.12. The largest absolute Gasteiger partial charge is 0.452 e. The van der Waals surface area contributed by atoms with Crippen LogP contribution in [0.4, 0.5) is 5.69 Å². The minimum Gasteiger partial charge on any atom is -0.452 e. The number of hydrogen-bond acceptors (Lipinski definition) is 3. The molecule has 112 valence electrons. The number of nitrogens with one attached hydrogen (secondary N) is 1. The maximum atomic E-state index is 11.8. The maximum absolute atomic E-state index is 11.8. The second kappa shape index (κ2) is 8.78. The Kier molecular flexibility index (Phi) is 7.38. The lowest BCUT2D eigenvalue weighted by Gasteiger charge is -2.09. The van der Waals surface area contributed by atoms with Gasteiger partial charge in [0.15, 0.2) is 6.61 Å². The number of anilines is 1. The van der Waals surface area contributed by atoms with Crippen LogP contribution in [0, 0.1) is 12.3 Å². The molecule has 1 rings (SSSR count). The molecule has 1 aromatic carbocycles. The minimum absolute atomic E-state index is 0.0684. The van der Waals surface area contributed by atoms with Gasteiger partial charge in [-0.3, -0.25) is 9.59 Å². The Morgan fingerprint density at radius 1 is 1.19 bits per heavy atom. The summed E-state index contributed by atoms with van der Waals surface area (Å²) >= 11 is 17.7. The average molecular weight is 349 g/mol. The van der Waals surface area contributed by atoms with Crippen LogP contribution < -0.4 is 5.32 Å². The predicted molar refractivity (Wildman–Crippen MR) is 83.7 cm³/mol. The molecule has 0 aromatic heterocycles. The summed E-state index contributed by atoms with van der Waals surface area (Å²) in [6.45, 7) is -0.0684. The van der Waals surface area contributed by atoms with Crippen LogP contribution in [0.1, 0.15) is 19.3 Å². The third-order valence-electron chi connectivity index (χ3n) is 2.37. The van der Waals surface area contributed by atoms with Crippen molar-refractivity contribution in [2.45, 2.75) is 19.3 Å². The number of benzene rings is 1. The van der Waals surface area contributed by atoms with Gasteiger partial charge in [-0.2, -0.15) is 0 Å². The summed E-state index contributed by atoms with van der Waals surface area (Å²) in [5.41, 5.74) is 0.294. The molecule has 0 aliphatic rings. The predicted octanol–water partition coefficient (Wildman–Crippen LogP) is 3.93. The molecule has 0 spiro atoms. The van der Waals surface area contributed by atoms with E-state index in [4.69, 9.17) is 41.2 Å². The summed E-state index contributed by atoms with van der Waals surface area (Å²) in [7, 11) is 0. The fourth-order valence-electron chi connectivity index (χ4n) is 1.45. The van der Waals surface area contributed by atoms with E-state index in [9.17, 15) is 9.59 Å². The summed E-state index contributed by atoms with van der Waals surface area (Å²) in [5.74, 6) is 1.43. The van der Waals surface area contributed by atoms with Crippen LogP contribution in [0.5, 0.6) is 0 Å². The smallest absolute Gasteiger partial charge is 0.306 e. The molecule has 0 aliphatic carbocycles. The van der Waals surface area contributed by atoms with Crippen molar-refractivity contribution < 1.29 is 14.3 Å². The Morgan fingerprint density at radius 2 is 1.81 bits per heavy atom. The molecule has 0 heterocycles. The van der Waals surface area contributed by atoms with E-state index in [1.165, 1.54) is 12.1 Å². The normalized spacial score (nSPS) is 9.81. The number of ether oxygens (including phenoxy) is 1. The molecule has 0 bridgehead atoms. The first kappa shape index (κ1) is 17.6. The van der Waals surface area contributed by atoms with E-state index in [2.05, 4.69) is 16.0 Å². The van der Waals surface area contributed by atoms with E-state index < -0.39 is 5.97 Å². The van der Waals surface area contributed by atoms with Crippen molar-refractivity contribution in [2.24, 2.45) is 0 Å².